The molecule has 1 N–H and O–H groups in total. The molecule has 20 heavy (non-hydrogen) atoms. The molecule has 0 spiro atoms. The van der Waals surface area contributed by atoms with Gasteiger partial charge in [-0.05, 0) is 33.2 Å². The zero-order valence-corrected chi connectivity index (χ0v) is 14.3. The van der Waals surface area contributed by atoms with Crippen LogP contribution in [0.4, 0.5) is 5.13 Å². The van der Waals surface area contributed by atoms with E-state index >= 15 is 0 Å². The van der Waals surface area contributed by atoms with Gasteiger partial charge in [-0.2, -0.15) is 0 Å². The zero-order valence-electron chi connectivity index (χ0n) is 13.5. The monoisotopic (exact) mass is 299 g/mol. The van der Waals surface area contributed by atoms with Crippen LogP contribution in [0.15, 0.2) is 0 Å². The minimum atomic E-state index is 0.522. The summed E-state index contributed by atoms with van der Waals surface area (Å²) in [5, 5.41) is 4.39. The molecule has 0 aliphatic heterocycles. The van der Waals surface area contributed by atoms with Gasteiger partial charge in [0.2, 0.25) is 0 Å². The number of thiazole rings is 1. The van der Waals surface area contributed by atoms with Gasteiger partial charge in [-0.15, -0.1) is 11.3 Å². The van der Waals surface area contributed by atoms with E-state index in [1.165, 1.54) is 10.6 Å². The average Bonchev–Trinajstić information content (AvgIpc) is 2.87. The lowest BCUT2D eigenvalue weighted by molar-refractivity contribution is 0.154. The highest BCUT2D eigenvalue weighted by atomic mass is 32.1. The predicted molar refractivity (Wildman–Crippen MR) is 88.0 cm³/mol. The Morgan fingerprint density at radius 2 is 2.10 bits per heavy atom. The first-order chi connectivity index (χ1) is 9.67. The number of hydrogen-bond donors (Lipinski definition) is 1. The van der Waals surface area contributed by atoms with E-state index in [2.05, 4.69) is 31.0 Å². The number of ether oxygens (including phenoxy) is 1. The van der Waals surface area contributed by atoms with Crippen LogP contribution in [0.1, 0.15) is 50.6 Å². The van der Waals surface area contributed by atoms with Gasteiger partial charge in [0.1, 0.15) is 0 Å². The Morgan fingerprint density at radius 3 is 2.65 bits per heavy atom. The molecule has 0 bridgehead atoms. The summed E-state index contributed by atoms with van der Waals surface area (Å²) in [6.45, 7) is 13.0. The predicted octanol–water partition coefficient (Wildman–Crippen LogP) is 3.24. The maximum absolute atomic E-state index is 5.46. The number of aromatic nitrogens is 1. The minimum absolute atomic E-state index is 0.522. The Balaban J connectivity index is 2.86. The SMILES string of the molecule is CCOCCN(CC)c1nc(C(C)CC)c(CNC)s1. The van der Waals surface area contributed by atoms with Gasteiger partial charge in [-0.25, -0.2) is 4.98 Å². The van der Waals surface area contributed by atoms with Gasteiger partial charge in [-0.1, -0.05) is 13.8 Å². The molecule has 5 heteroatoms. The first-order valence-electron chi connectivity index (χ1n) is 7.64. The van der Waals surface area contributed by atoms with Gasteiger partial charge < -0.3 is 15.0 Å². The fraction of sp³-hybridized carbons (Fsp3) is 0.800. The van der Waals surface area contributed by atoms with Gasteiger partial charge >= 0.3 is 0 Å². The van der Waals surface area contributed by atoms with Crippen LogP contribution in [0.25, 0.3) is 0 Å². The summed E-state index contributed by atoms with van der Waals surface area (Å²) in [7, 11) is 1.99. The lowest BCUT2D eigenvalue weighted by atomic mass is 10.0. The number of rotatable bonds is 10. The number of likely N-dealkylation sites (N-methyl/N-ethyl adjacent to an activating group) is 1. The van der Waals surface area contributed by atoms with E-state index < -0.39 is 0 Å². The Morgan fingerprint density at radius 1 is 1.35 bits per heavy atom. The van der Waals surface area contributed by atoms with E-state index in [-0.39, 0.29) is 0 Å². The topological polar surface area (TPSA) is 37.4 Å². The first kappa shape index (κ1) is 17.4. The van der Waals surface area contributed by atoms with E-state index in [1.54, 1.807) is 0 Å². The van der Waals surface area contributed by atoms with Crippen LogP contribution in [0.2, 0.25) is 0 Å². The molecule has 1 aromatic heterocycles. The minimum Gasteiger partial charge on any atom is -0.380 e. The van der Waals surface area contributed by atoms with Crippen molar-refractivity contribution in [2.24, 2.45) is 0 Å². The number of nitrogens with zero attached hydrogens (tertiary/aromatic N) is 2. The molecular weight excluding hydrogens is 270 g/mol. The summed E-state index contributed by atoms with van der Waals surface area (Å²) in [5.41, 5.74) is 1.26. The van der Waals surface area contributed by atoms with Gasteiger partial charge in [0.05, 0.1) is 12.3 Å². The quantitative estimate of drug-likeness (QED) is 0.673. The van der Waals surface area contributed by atoms with Crippen molar-refractivity contribution >= 4 is 16.5 Å². The Kier molecular flexibility index (Phi) is 8.11. The maximum Gasteiger partial charge on any atom is 0.185 e. The second-order valence-electron chi connectivity index (χ2n) is 4.92. The molecule has 1 rings (SSSR count). The summed E-state index contributed by atoms with van der Waals surface area (Å²) in [6.07, 6.45) is 1.13. The van der Waals surface area contributed by atoms with Crippen molar-refractivity contribution in [2.45, 2.75) is 46.6 Å². The van der Waals surface area contributed by atoms with Crippen LogP contribution in [-0.4, -0.2) is 38.3 Å². The molecule has 1 heterocycles. The van der Waals surface area contributed by atoms with Crippen molar-refractivity contribution in [3.63, 3.8) is 0 Å². The molecule has 0 aliphatic rings. The molecule has 1 atom stereocenters. The largest absolute Gasteiger partial charge is 0.380 e. The second-order valence-corrected chi connectivity index (χ2v) is 5.98. The highest BCUT2D eigenvalue weighted by molar-refractivity contribution is 7.15. The smallest absolute Gasteiger partial charge is 0.185 e. The van der Waals surface area contributed by atoms with Crippen molar-refractivity contribution in [3.05, 3.63) is 10.6 Å². The van der Waals surface area contributed by atoms with Crippen molar-refractivity contribution in [3.8, 4) is 0 Å². The van der Waals surface area contributed by atoms with Crippen LogP contribution in [0.3, 0.4) is 0 Å². The van der Waals surface area contributed by atoms with Crippen molar-refractivity contribution in [1.82, 2.24) is 10.3 Å². The molecule has 0 aliphatic carbocycles. The average molecular weight is 299 g/mol. The van der Waals surface area contributed by atoms with Crippen LogP contribution in [-0.2, 0) is 11.3 Å². The lowest BCUT2D eigenvalue weighted by Gasteiger charge is -2.19. The third-order valence-electron chi connectivity index (χ3n) is 3.49. The summed E-state index contributed by atoms with van der Waals surface area (Å²) >= 11 is 1.82. The van der Waals surface area contributed by atoms with E-state index in [0.717, 1.165) is 44.4 Å². The lowest BCUT2D eigenvalue weighted by Crippen LogP contribution is -2.27. The van der Waals surface area contributed by atoms with Crippen LogP contribution in [0.5, 0.6) is 0 Å². The molecular formula is C15H29N3OS. The Bertz CT molecular complexity index is 381. The zero-order chi connectivity index (χ0) is 15.0. The molecule has 4 nitrogen and oxygen atoms in total. The Labute approximate surface area is 127 Å². The van der Waals surface area contributed by atoms with E-state index in [1.807, 2.05) is 25.3 Å². The summed E-state index contributed by atoms with van der Waals surface area (Å²) in [6, 6.07) is 0. The van der Waals surface area contributed by atoms with Crippen LogP contribution >= 0.6 is 11.3 Å². The summed E-state index contributed by atoms with van der Waals surface area (Å²) in [5.74, 6) is 0.522. The standard InChI is InChI=1S/C15H29N3OS/c1-6-12(4)14-13(11-16-5)20-15(17-14)18(7-2)9-10-19-8-3/h12,16H,6-11H2,1-5H3. The molecule has 0 saturated carbocycles. The molecule has 1 unspecified atom stereocenters. The molecule has 0 amide bonds. The Hall–Kier alpha value is -0.650. The van der Waals surface area contributed by atoms with Gasteiger partial charge in [-0.3, -0.25) is 0 Å². The van der Waals surface area contributed by atoms with E-state index in [0.29, 0.717) is 5.92 Å². The summed E-state index contributed by atoms with van der Waals surface area (Å²) in [4.78, 5) is 8.58. The van der Waals surface area contributed by atoms with Gasteiger partial charge in [0, 0.05) is 31.1 Å². The second kappa shape index (κ2) is 9.32. The fourth-order valence-corrected chi connectivity index (χ4v) is 3.34. The molecule has 0 aromatic carbocycles. The third kappa shape index (κ3) is 4.72. The number of hydrogen-bond acceptors (Lipinski definition) is 5. The molecule has 0 radical (unpaired) electrons. The maximum atomic E-state index is 5.46. The normalized spacial score (nSPS) is 12.7. The van der Waals surface area contributed by atoms with Crippen molar-refractivity contribution in [2.75, 3.05) is 38.3 Å². The molecule has 116 valence electrons. The van der Waals surface area contributed by atoms with Crippen molar-refractivity contribution < 1.29 is 4.74 Å². The molecule has 0 saturated heterocycles. The first-order valence-corrected chi connectivity index (χ1v) is 8.46. The van der Waals surface area contributed by atoms with Gasteiger partial charge in [0.25, 0.3) is 0 Å². The third-order valence-corrected chi connectivity index (χ3v) is 4.63. The van der Waals surface area contributed by atoms with E-state index in [9.17, 15) is 0 Å². The van der Waals surface area contributed by atoms with Gasteiger partial charge in [0.15, 0.2) is 5.13 Å². The number of anilines is 1. The number of nitrogens with one attached hydrogen (secondary N) is 1. The molecule has 1 aromatic rings. The van der Waals surface area contributed by atoms with Crippen LogP contribution in [0, 0.1) is 0 Å². The summed E-state index contributed by atoms with van der Waals surface area (Å²) < 4.78 is 5.46. The highest BCUT2D eigenvalue weighted by Crippen LogP contribution is 2.32. The highest BCUT2D eigenvalue weighted by Gasteiger charge is 2.18. The van der Waals surface area contributed by atoms with Crippen LogP contribution < -0.4 is 10.2 Å². The van der Waals surface area contributed by atoms with E-state index in [4.69, 9.17) is 9.72 Å². The fourth-order valence-electron chi connectivity index (χ4n) is 2.06. The van der Waals surface area contributed by atoms with Crippen molar-refractivity contribution in [1.29, 1.82) is 0 Å². The molecule has 0 fully saturated rings.